The molecule has 3 N–H and O–H groups in total. The van der Waals surface area contributed by atoms with Gasteiger partial charge >= 0.3 is 5.97 Å². The van der Waals surface area contributed by atoms with E-state index >= 15 is 4.39 Å². The van der Waals surface area contributed by atoms with E-state index in [4.69, 9.17) is 11.6 Å². The molecule has 7 nitrogen and oxygen atoms in total. The number of carboxylic acid groups (broad SMARTS) is 1. The first-order valence-corrected chi connectivity index (χ1v) is 11.3. The number of hydrogen-bond donors (Lipinski definition) is 3. The summed E-state index contributed by atoms with van der Waals surface area (Å²) < 4.78 is 18.0. The average molecular weight is 559 g/mol. The minimum absolute atomic E-state index is 0.111. The molecule has 2 heterocycles. The maximum atomic E-state index is 15.3. The number of β-amino-alcohol motifs (C(OH)–C–C–N with tert-alkyl or cyclic N) is 1. The highest BCUT2D eigenvalue weighted by Gasteiger charge is 2.24. The fraction of sp³-hybridized carbons (Fsp3) is 0.333. The Labute approximate surface area is 197 Å². The standard InChI is InChI=1S/C21H21ClFIN4O3/c22-15-7-12(24)3-4-16(15)26-19-14(21(30)31)8-17-20(18(19)23)25-11-28(17)6-2-1-5-27-9-13(29)10-27/h3-4,7-8,11,13,26,29H,1-2,5-6,9-10H2,(H,30,31). The van der Waals surface area contributed by atoms with Gasteiger partial charge in [-0.05, 0) is 66.2 Å². The quantitative estimate of drug-likeness (QED) is 0.282. The van der Waals surface area contributed by atoms with E-state index in [0.717, 1.165) is 23.0 Å². The van der Waals surface area contributed by atoms with Gasteiger partial charge in [-0.25, -0.2) is 14.2 Å². The van der Waals surface area contributed by atoms with Crippen LogP contribution in [0.2, 0.25) is 5.02 Å². The van der Waals surface area contributed by atoms with Gasteiger partial charge in [0, 0.05) is 23.2 Å². The number of nitrogens with one attached hydrogen (secondary N) is 1. The van der Waals surface area contributed by atoms with Gasteiger partial charge in [0.25, 0.3) is 0 Å². The van der Waals surface area contributed by atoms with E-state index in [1.54, 1.807) is 22.8 Å². The highest BCUT2D eigenvalue weighted by atomic mass is 127. The number of fused-ring (bicyclic) bond motifs is 1. The molecular weight excluding hydrogens is 538 g/mol. The number of carbonyl (C=O) groups is 1. The molecule has 3 aromatic rings. The lowest BCUT2D eigenvalue weighted by Crippen LogP contribution is -2.50. The number of aliphatic hydroxyl groups excluding tert-OH is 1. The van der Waals surface area contributed by atoms with Crippen molar-refractivity contribution in [2.75, 3.05) is 25.0 Å². The highest BCUT2D eigenvalue weighted by Crippen LogP contribution is 2.34. The van der Waals surface area contributed by atoms with Crippen LogP contribution in [0.5, 0.6) is 0 Å². The smallest absolute Gasteiger partial charge is 0.338 e. The van der Waals surface area contributed by atoms with Crippen molar-refractivity contribution in [3.05, 3.63) is 50.6 Å². The summed E-state index contributed by atoms with van der Waals surface area (Å²) in [6.45, 7) is 2.91. The summed E-state index contributed by atoms with van der Waals surface area (Å²) >= 11 is 8.34. The lowest BCUT2D eigenvalue weighted by molar-refractivity contribution is 0.00142. The predicted octanol–water partition coefficient (Wildman–Crippen LogP) is 4.33. The SMILES string of the molecule is O=C(O)c1cc2c(ncn2CCCCN2CC(O)C2)c(F)c1Nc1ccc(I)cc1Cl. The lowest BCUT2D eigenvalue weighted by Gasteiger charge is -2.35. The first-order chi connectivity index (χ1) is 14.8. The van der Waals surface area contributed by atoms with Crippen LogP contribution >= 0.6 is 34.2 Å². The second kappa shape index (κ2) is 9.27. The van der Waals surface area contributed by atoms with Crippen LogP contribution < -0.4 is 5.32 Å². The van der Waals surface area contributed by atoms with E-state index in [1.807, 2.05) is 0 Å². The molecule has 164 valence electrons. The molecule has 0 atom stereocenters. The topological polar surface area (TPSA) is 90.6 Å². The minimum atomic E-state index is -1.24. The molecule has 1 fully saturated rings. The number of unbranched alkanes of at least 4 members (excludes halogenated alkanes) is 1. The number of carboxylic acids is 1. The Balaban J connectivity index is 1.57. The number of likely N-dealkylation sites (tertiary alicyclic amines) is 1. The fourth-order valence-electron chi connectivity index (χ4n) is 3.70. The number of anilines is 2. The second-order valence-electron chi connectivity index (χ2n) is 7.59. The number of aromatic carboxylic acids is 1. The van der Waals surface area contributed by atoms with Gasteiger partial charge in [-0.15, -0.1) is 0 Å². The van der Waals surface area contributed by atoms with E-state index < -0.39 is 11.8 Å². The van der Waals surface area contributed by atoms with Crippen molar-refractivity contribution in [1.82, 2.24) is 14.5 Å². The molecule has 31 heavy (non-hydrogen) atoms. The van der Waals surface area contributed by atoms with E-state index in [9.17, 15) is 15.0 Å². The van der Waals surface area contributed by atoms with E-state index in [0.29, 0.717) is 35.9 Å². The first kappa shape index (κ1) is 22.3. The van der Waals surface area contributed by atoms with Crippen molar-refractivity contribution in [3.8, 4) is 0 Å². The number of imidazole rings is 1. The van der Waals surface area contributed by atoms with Gasteiger partial charge in [0.1, 0.15) is 5.52 Å². The van der Waals surface area contributed by atoms with Crippen molar-refractivity contribution >= 4 is 62.6 Å². The molecule has 10 heteroatoms. The Kier molecular flexibility index (Phi) is 6.65. The van der Waals surface area contributed by atoms with Crippen LogP contribution in [0.3, 0.4) is 0 Å². The summed E-state index contributed by atoms with van der Waals surface area (Å²) in [5.74, 6) is -1.97. The molecule has 0 spiro atoms. The number of aromatic nitrogens is 2. The number of nitrogens with zero attached hydrogens (tertiary/aromatic N) is 3. The summed E-state index contributed by atoms with van der Waals surface area (Å²) in [6.07, 6.45) is 3.08. The van der Waals surface area contributed by atoms with E-state index in [-0.39, 0.29) is 22.9 Å². The molecule has 1 saturated heterocycles. The molecule has 0 aliphatic carbocycles. The van der Waals surface area contributed by atoms with Crippen LogP contribution in [0.1, 0.15) is 23.2 Å². The Morgan fingerprint density at radius 1 is 1.29 bits per heavy atom. The van der Waals surface area contributed by atoms with Crippen molar-refractivity contribution < 1.29 is 19.4 Å². The number of hydrogen-bond acceptors (Lipinski definition) is 5. The van der Waals surface area contributed by atoms with Crippen molar-refractivity contribution in [2.24, 2.45) is 0 Å². The molecule has 4 rings (SSSR count). The van der Waals surface area contributed by atoms with Crippen LogP contribution in [0.25, 0.3) is 11.0 Å². The van der Waals surface area contributed by atoms with Crippen LogP contribution in [0.15, 0.2) is 30.6 Å². The normalized spacial score (nSPS) is 14.7. The second-order valence-corrected chi connectivity index (χ2v) is 9.25. The third kappa shape index (κ3) is 4.79. The monoisotopic (exact) mass is 558 g/mol. The molecule has 0 bridgehead atoms. The number of aryl methyl sites for hydroxylation is 1. The van der Waals surface area contributed by atoms with Crippen molar-refractivity contribution in [3.63, 3.8) is 0 Å². The third-order valence-corrected chi connectivity index (χ3v) is 6.32. The van der Waals surface area contributed by atoms with Gasteiger partial charge < -0.3 is 20.1 Å². The summed E-state index contributed by atoms with van der Waals surface area (Å²) in [4.78, 5) is 18.2. The molecule has 0 radical (unpaired) electrons. The van der Waals surface area contributed by atoms with Gasteiger partial charge in [0.15, 0.2) is 5.82 Å². The molecule has 2 aromatic carbocycles. The van der Waals surface area contributed by atoms with Crippen LogP contribution in [0, 0.1) is 9.39 Å². The molecule has 1 aliphatic rings. The highest BCUT2D eigenvalue weighted by molar-refractivity contribution is 14.1. The number of benzene rings is 2. The average Bonchev–Trinajstić information content (AvgIpc) is 3.10. The predicted molar refractivity (Wildman–Crippen MR) is 126 cm³/mol. The number of rotatable bonds is 8. The Morgan fingerprint density at radius 3 is 2.71 bits per heavy atom. The summed E-state index contributed by atoms with van der Waals surface area (Å²) in [5.41, 5.74) is 0.618. The van der Waals surface area contributed by atoms with Gasteiger partial charge in [-0.2, -0.15) is 0 Å². The maximum absolute atomic E-state index is 15.3. The van der Waals surface area contributed by atoms with Crippen LogP contribution in [-0.2, 0) is 6.54 Å². The summed E-state index contributed by atoms with van der Waals surface area (Å²) in [5, 5.41) is 22.2. The summed E-state index contributed by atoms with van der Waals surface area (Å²) in [6, 6.07) is 6.62. The Bertz CT molecular complexity index is 1130. The molecule has 1 aromatic heterocycles. The number of aliphatic hydroxyl groups is 1. The van der Waals surface area contributed by atoms with Crippen molar-refractivity contribution in [1.29, 1.82) is 0 Å². The summed E-state index contributed by atoms with van der Waals surface area (Å²) in [7, 11) is 0. The first-order valence-electron chi connectivity index (χ1n) is 9.86. The van der Waals surface area contributed by atoms with Crippen molar-refractivity contribution in [2.45, 2.75) is 25.5 Å². The Morgan fingerprint density at radius 2 is 2.03 bits per heavy atom. The van der Waals surface area contributed by atoms with Gasteiger partial charge in [0.2, 0.25) is 0 Å². The molecule has 0 saturated carbocycles. The van der Waals surface area contributed by atoms with E-state index in [1.165, 1.54) is 12.4 Å². The van der Waals surface area contributed by atoms with Gasteiger partial charge in [-0.3, -0.25) is 4.90 Å². The lowest BCUT2D eigenvalue weighted by atomic mass is 10.1. The molecule has 0 amide bonds. The van der Waals surface area contributed by atoms with Crippen LogP contribution in [-0.4, -0.2) is 56.4 Å². The molecular formula is C21H21ClFIN4O3. The van der Waals surface area contributed by atoms with Gasteiger partial charge in [-0.1, -0.05) is 11.6 Å². The largest absolute Gasteiger partial charge is 0.478 e. The number of halogens is 3. The zero-order chi connectivity index (χ0) is 22.1. The zero-order valence-electron chi connectivity index (χ0n) is 16.5. The van der Waals surface area contributed by atoms with Crippen LogP contribution in [0.4, 0.5) is 15.8 Å². The maximum Gasteiger partial charge on any atom is 0.338 e. The third-order valence-electron chi connectivity index (χ3n) is 5.34. The van der Waals surface area contributed by atoms with E-state index in [2.05, 4.69) is 37.8 Å². The van der Waals surface area contributed by atoms with Gasteiger partial charge in [0.05, 0.1) is 39.9 Å². The minimum Gasteiger partial charge on any atom is -0.478 e. The zero-order valence-corrected chi connectivity index (χ0v) is 19.4. The Hall–Kier alpha value is -1.95. The molecule has 0 unspecified atom stereocenters. The molecule has 1 aliphatic heterocycles. The fourth-order valence-corrected chi connectivity index (χ4v) is 4.60.